The molecule has 0 saturated heterocycles. The maximum Gasteiger partial charge on any atom is 0.0561 e. The summed E-state index contributed by atoms with van der Waals surface area (Å²) in [5.74, 6) is 0. The van der Waals surface area contributed by atoms with Crippen molar-refractivity contribution >= 4 is 82.5 Å². The minimum absolute atomic E-state index is 0. The summed E-state index contributed by atoms with van der Waals surface area (Å²) in [6, 6.07) is 69.7. The van der Waals surface area contributed by atoms with Gasteiger partial charge in [0.2, 0.25) is 0 Å². The number of rotatable bonds is 4. The number of anilines is 3. The van der Waals surface area contributed by atoms with E-state index in [9.17, 15) is 0 Å². The Morgan fingerprint density at radius 3 is 1.88 bits per heavy atom. The molecule has 11 aromatic rings. The Morgan fingerprint density at radius 1 is 0.446 bits per heavy atom. The van der Waals surface area contributed by atoms with Crippen molar-refractivity contribution in [1.29, 1.82) is 0 Å². The van der Waals surface area contributed by atoms with Gasteiger partial charge in [0.25, 0.3) is 0 Å². The van der Waals surface area contributed by atoms with Crippen molar-refractivity contribution < 1.29 is 20.4 Å². The van der Waals surface area contributed by atoms with Gasteiger partial charge in [-0.2, -0.15) is 43.1 Å². The van der Waals surface area contributed by atoms with Crippen LogP contribution in [0, 0.1) is 24.9 Å². The number of hydrogen-bond donors (Lipinski definition) is 0. The van der Waals surface area contributed by atoms with E-state index in [4.69, 9.17) is 0 Å². The first-order valence-electron chi connectivity index (χ1n) is 18.6. The predicted molar refractivity (Wildman–Crippen MR) is 227 cm³/mol. The first kappa shape index (κ1) is 32.8. The topological polar surface area (TPSA) is 21.3 Å². The van der Waals surface area contributed by atoms with Crippen molar-refractivity contribution in [2.24, 2.45) is 0 Å². The molecule has 1 aliphatic rings. The number of fused-ring (bicyclic) bond motifs is 11. The van der Waals surface area contributed by atoms with Crippen molar-refractivity contribution in [2.45, 2.75) is 0 Å². The van der Waals surface area contributed by atoms with Crippen molar-refractivity contribution in [3.63, 3.8) is 0 Å². The van der Waals surface area contributed by atoms with Crippen LogP contribution in [0.3, 0.4) is 0 Å². The summed E-state index contributed by atoms with van der Waals surface area (Å²) in [5, 5.41) is 7.09. The van der Waals surface area contributed by atoms with E-state index in [2.05, 4.69) is 207 Å². The summed E-state index contributed by atoms with van der Waals surface area (Å²) >= 11 is 0. The zero-order valence-corrected chi connectivity index (χ0v) is 31.8. The maximum atomic E-state index is 3.98. The molecule has 0 unspecified atom stereocenters. The molecule has 0 bridgehead atoms. The average Bonchev–Trinajstić information content (AvgIpc) is 3.97. The second-order valence-corrected chi connectivity index (χ2v) is 14.3. The third-order valence-corrected chi connectivity index (χ3v) is 11.3. The molecule has 0 aliphatic carbocycles. The zero-order chi connectivity index (χ0) is 36.2. The summed E-state index contributed by atoms with van der Waals surface area (Å²) < 4.78 is 7.08. The van der Waals surface area contributed by atoms with E-state index in [1.54, 1.807) is 0 Å². The molecule has 0 saturated carbocycles. The van der Waals surface area contributed by atoms with Gasteiger partial charge in [-0.3, -0.25) is 0 Å². The first-order valence-corrected chi connectivity index (χ1v) is 18.6. The van der Waals surface area contributed by atoms with Gasteiger partial charge < -0.3 is 23.5 Å². The van der Waals surface area contributed by atoms with Gasteiger partial charge in [-0.1, -0.05) is 95.2 Å². The molecule has 270 valence electrons. The first-order chi connectivity index (χ1) is 27.2. The molecule has 0 spiro atoms. The van der Waals surface area contributed by atoms with Crippen LogP contribution in [0.1, 0.15) is 0 Å². The normalized spacial score (nSPS) is 12.8. The van der Waals surface area contributed by atoms with Gasteiger partial charge in [0, 0.05) is 59.3 Å². The van der Waals surface area contributed by atoms with Crippen LogP contribution >= 0.6 is 0 Å². The van der Waals surface area contributed by atoms with E-state index in [0.717, 1.165) is 66.8 Å². The third-order valence-electron chi connectivity index (χ3n) is 11.3. The molecule has 12 rings (SSSR count). The largest absolute Gasteiger partial charge is 0.504 e. The molecule has 56 heavy (non-hydrogen) atoms. The Bertz CT molecular complexity index is 3320. The van der Waals surface area contributed by atoms with Crippen LogP contribution in [0.2, 0.25) is 0 Å². The van der Waals surface area contributed by atoms with E-state index >= 15 is 0 Å². The van der Waals surface area contributed by atoms with Gasteiger partial charge >= 0.3 is 0 Å². The quantitative estimate of drug-likeness (QED) is 0.130. The van der Waals surface area contributed by atoms with Gasteiger partial charge in [0.1, 0.15) is 0 Å². The zero-order valence-electron chi connectivity index (χ0n) is 30.2. The van der Waals surface area contributed by atoms with Gasteiger partial charge in [-0.25, -0.2) is 0 Å². The molecule has 8 aromatic carbocycles. The van der Waals surface area contributed by atoms with Crippen molar-refractivity contribution in [3.05, 3.63) is 189 Å². The Hall–Kier alpha value is -6.58. The molecule has 3 aromatic heterocycles. The van der Waals surface area contributed by atoms with Gasteiger partial charge in [-0.15, -0.1) is 46.8 Å². The monoisotopic (exact) mass is 807 g/mol. The molecule has 5 nitrogen and oxygen atoms in total. The van der Waals surface area contributed by atoms with Crippen LogP contribution in [0.5, 0.6) is 0 Å². The minimum atomic E-state index is 0. The molecule has 0 atom stereocenters. The molecular formula is C50H31N5Pd-4. The van der Waals surface area contributed by atoms with Crippen molar-refractivity contribution in [3.8, 4) is 17.1 Å². The van der Waals surface area contributed by atoms with Crippen LogP contribution in [0.4, 0.5) is 17.1 Å². The average molecular weight is 808 g/mol. The van der Waals surface area contributed by atoms with E-state index in [0.29, 0.717) is 0 Å². The Morgan fingerprint density at radius 2 is 1.07 bits per heavy atom. The van der Waals surface area contributed by atoms with Gasteiger partial charge in [0.05, 0.1) is 11.0 Å². The smallest absolute Gasteiger partial charge is 0.0561 e. The SMILES string of the molecule is CN1[CH-]N(c2[c-]c3c(cc2)c2ccccc2n3-c2[c-]c3c(cc2)c2ccc4c(c5ccccc5n4-c4ccccc4)c2n3-c2[c-]cccc2)c2ccccc21.[Pd]. The van der Waals surface area contributed by atoms with E-state index in [1.807, 2.05) is 12.1 Å². The number of benzene rings is 8. The molecule has 6 heteroatoms. The van der Waals surface area contributed by atoms with Crippen LogP contribution in [0.25, 0.3) is 82.5 Å². The molecule has 0 radical (unpaired) electrons. The number of nitrogens with zero attached hydrogens (tertiary/aromatic N) is 5. The third kappa shape index (κ3) is 4.58. The second-order valence-electron chi connectivity index (χ2n) is 14.3. The minimum Gasteiger partial charge on any atom is -0.504 e. The summed E-state index contributed by atoms with van der Waals surface area (Å²) in [6.45, 7) is 2.14. The van der Waals surface area contributed by atoms with E-state index < -0.39 is 0 Å². The molecular weight excluding hydrogens is 777 g/mol. The number of aromatic nitrogens is 3. The van der Waals surface area contributed by atoms with Crippen LogP contribution in [0.15, 0.2) is 164 Å². The van der Waals surface area contributed by atoms with E-state index in [1.165, 1.54) is 32.7 Å². The van der Waals surface area contributed by atoms with Gasteiger partial charge in [0.15, 0.2) is 0 Å². The molecule has 1 aliphatic heterocycles. The Labute approximate surface area is 337 Å². The number of hydrogen-bond acceptors (Lipinski definition) is 2. The molecule has 0 N–H and O–H groups in total. The van der Waals surface area contributed by atoms with Crippen LogP contribution < -0.4 is 9.80 Å². The van der Waals surface area contributed by atoms with Crippen molar-refractivity contribution in [1.82, 2.24) is 13.7 Å². The van der Waals surface area contributed by atoms with Crippen molar-refractivity contribution in [2.75, 3.05) is 16.8 Å². The summed E-state index contributed by atoms with van der Waals surface area (Å²) in [6.07, 6.45) is 0. The van der Waals surface area contributed by atoms with Gasteiger partial charge in [-0.05, 0) is 60.3 Å². The molecule has 0 fully saturated rings. The fourth-order valence-electron chi connectivity index (χ4n) is 8.95. The maximum absolute atomic E-state index is 3.98. The fourth-order valence-corrected chi connectivity index (χ4v) is 8.95. The summed E-state index contributed by atoms with van der Waals surface area (Å²) in [5.41, 5.74) is 13.0. The predicted octanol–water partition coefficient (Wildman–Crippen LogP) is 12.1. The Kier molecular flexibility index (Phi) is 7.31. The fraction of sp³-hybridized carbons (Fsp3) is 0.0200. The summed E-state index contributed by atoms with van der Waals surface area (Å²) in [4.78, 5) is 4.39. The Balaban J connectivity index is 0.00000363. The number of para-hydroxylation sites is 6. The standard InChI is InChI=1S/C50H31N5.Pd/c1-51-32-52(45-23-13-12-22-44(45)51)35-24-26-38-37-18-8-10-20-42(37)54(47(38)30-35)36-25-27-39-40-28-29-46-49(50(40)55(48(39)31-36)34-16-6-3-7-17-34)41-19-9-11-21-43(41)53(46)33-14-4-2-5-15-33;/h2-16,18-29,32H,1H3;/q-4;. The van der Waals surface area contributed by atoms with E-state index in [-0.39, 0.29) is 20.4 Å². The van der Waals surface area contributed by atoms with Crippen LogP contribution in [-0.4, -0.2) is 20.7 Å². The summed E-state index contributed by atoms with van der Waals surface area (Å²) in [7, 11) is 2.09. The molecule has 4 heterocycles. The molecule has 0 amide bonds. The second kappa shape index (κ2) is 12.5. The van der Waals surface area contributed by atoms with Crippen LogP contribution in [-0.2, 0) is 20.4 Å².